The molecule has 1 fully saturated rings. The number of likely N-dealkylation sites (tertiary alicyclic amines) is 1. The molecule has 0 aromatic heterocycles. The van der Waals surface area contributed by atoms with Gasteiger partial charge in [-0.2, -0.15) is 0 Å². The number of fused-ring (bicyclic) bond motifs is 1. The molecule has 1 atom stereocenters. The molecule has 3 nitrogen and oxygen atoms in total. The van der Waals surface area contributed by atoms with Crippen LogP contribution in [0.1, 0.15) is 12.8 Å². The van der Waals surface area contributed by atoms with E-state index in [4.69, 9.17) is 0 Å². The Balaban J connectivity index is 1.73. The highest BCUT2D eigenvalue weighted by Crippen LogP contribution is 2.21. The first-order valence-corrected chi connectivity index (χ1v) is 7.20. The molecule has 0 bridgehead atoms. The zero-order chi connectivity index (χ0) is 13.9. The van der Waals surface area contributed by atoms with Crippen molar-refractivity contribution >= 4 is 22.4 Å². The highest BCUT2D eigenvalue weighted by molar-refractivity contribution is 5.95. The van der Waals surface area contributed by atoms with Gasteiger partial charge < -0.3 is 10.2 Å². The SMILES string of the molecule is CN1CCC[C@@H](C(=O)Nc2ccc3ccccc3c2)C1. The predicted octanol–water partition coefficient (Wildman–Crippen LogP) is 3.12. The van der Waals surface area contributed by atoms with Gasteiger partial charge in [0, 0.05) is 12.2 Å². The molecule has 2 aromatic carbocycles. The number of piperidine rings is 1. The fourth-order valence-electron chi connectivity index (χ4n) is 2.89. The zero-order valence-corrected chi connectivity index (χ0v) is 11.8. The number of nitrogens with zero attached hydrogens (tertiary/aromatic N) is 1. The first-order valence-electron chi connectivity index (χ1n) is 7.20. The van der Waals surface area contributed by atoms with Crippen molar-refractivity contribution in [2.75, 3.05) is 25.5 Å². The van der Waals surface area contributed by atoms with Gasteiger partial charge in [-0.05, 0) is 49.3 Å². The topological polar surface area (TPSA) is 32.3 Å². The van der Waals surface area contributed by atoms with Crippen LogP contribution in [0.2, 0.25) is 0 Å². The van der Waals surface area contributed by atoms with Crippen LogP contribution >= 0.6 is 0 Å². The molecular weight excluding hydrogens is 248 g/mol. The summed E-state index contributed by atoms with van der Waals surface area (Å²) in [6.07, 6.45) is 2.09. The fraction of sp³-hybridized carbons (Fsp3) is 0.353. The molecule has 20 heavy (non-hydrogen) atoms. The first-order chi connectivity index (χ1) is 9.72. The van der Waals surface area contributed by atoms with Crippen LogP contribution < -0.4 is 5.32 Å². The summed E-state index contributed by atoms with van der Waals surface area (Å²) < 4.78 is 0. The molecule has 1 N–H and O–H groups in total. The Morgan fingerprint density at radius 2 is 2.00 bits per heavy atom. The maximum atomic E-state index is 12.3. The summed E-state index contributed by atoms with van der Waals surface area (Å²) >= 11 is 0. The molecule has 0 radical (unpaired) electrons. The molecule has 3 rings (SSSR count). The van der Waals surface area contributed by atoms with E-state index < -0.39 is 0 Å². The van der Waals surface area contributed by atoms with Crippen molar-refractivity contribution in [3.05, 3.63) is 42.5 Å². The Bertz CT molecular complexity index is 623. The Morgan fingerprint density at radius 3 is 2.80 bits per heavy atom. The monoisotopic (exact) mass is 268 g/mol. The summed E-state index contributed by atoms with van der Waals surface area (Å²) in [6.45, 7) is 1.96. The number of hydrogen-bond donors (Lipinski definition) is 1. The smallest absolute Gasteiger partial charge is 0.228 e. The van der Waals surface area contributed by atoms with Gasteiger partial charge in [0.05, 0.1) is 5.92 Å². The van der Waals surface area contributed by atoms with Crippen LogP contribution in [0.15, 0.2) is 42.5 Å². The number of carbonyl (C=O) groups excluding carboxylic acids is 1. The normalized spacial score (nSPS) is 19.9. The highest BCUT2D eigenvalue weighted by atomic mass is 16.1. The van der Waals surface area contributed by atoms with Gasteiger partial charge in [0.25, 0.3) is 0 Å². The Kier molecular flexibility index (Phi) is 3.70. The Labute approximate surface area is 119 Å². The number of anilines is 1. The van der Waals surface area contributed by atoms with Gasteiger partial charge in [0.15, 0.2) is 0 Å². The van der Waals surface area contributed by atoms with E-state index >= 15 is 0 Å². The van der Waals surface area contributed by atoms with Crippen LogP contribution in [0.25, 0.3) is 10.8 Å². The van der Waals surface area contributed by atoms with Gasteiger partial charge in [-0.3, -0.25) is 4.79 Å². The van der Waals surface area contributed by atoms with Crippen LogP contribution in [0.4, 0.5) is 5.69 Å². The predicted molar refractivity (Wildman–Crippen MR) is 82.8 cm³/mol. The van der Waals surface area contributed by atoms with Gasteiger partial charge in [-0.25, -0.2) is 0 Å². The molecule has 104 valence electrons. The minimum Gasteiger partial charge on any atom is -0.326 e. The van der Waals surface area contributed by atoms with E-state index in [0.717, 1.165) is 37.0 Å². The Hall–Kier alpha value is -1.87. The van der Waals surface area contributed by atoms with Crippen LogP contribution in [0, 0.1) is 5.92 Å². The van der Waals surface area contributed by atoms with Crippen LogP contribution in [0.5, 0.6) is 0 Å². The molecule has 2 aromatic rings. The highest BCUT2D eigenvalue weighted by Gasteiger charge is 2.23. The molecule has 0 saturated carbocycles. The quantitative estimate of drug-likeness (QED) is 0.907. The lowest BCUT2D eigenvalue weighted by molar-refractivity contribution is -0.121. The molecule has 1 amide bonds. The van der Waals surface area contributed by atoms with Crippen molar-refractivity contribution in [1.82, 2.24) is 4.90 Å². The second-order valence-electron chi connectivity index (χ2n) is 5.65. The maximum Gasteiger partial charge on any atom is 0.228 e. The maximum absolute atomic E-state index is 12.3. The van der Waals surface area contributed by atoms with E-state index in [1.165, 1.54) is 5.39 Å². The summed E-state index contributed by atoms with van der Waals surface area (Å²) in [7, 11) is 2.08. The summed E-state index contributed by atoms with van der Waals surface area (Å²) in [5.74, 6) is 0.257. The lowest BCUT2D eigenvalue weighted by Gasteiger charge is -2.28. The lowest BCUT2D eigenvalue weighted by Crippen LogP contribution is -2.38. The van der Waals surface area contributed by atoms with Crippen molar-refractivity contribution in [3.63, 3.8) is 0 Å². The zero-order valence-electron chi connectivity index (χ0n) is 11.8. The fourth-order valence-corrected chi connectivity index (χ4v) is 2.89. The molecule has 1 aliphatic rings. The van der Waals surface area contributed by atoms with Crippen LogP contribution in [-0.4, -0.2) is 30.9 Å². The van der Waals surface area contributed by atoms with Gasteiger partial charge in [0.1, 0.15) is 0 Å². The van der Waals surface area contributed by atoms with Gasteiger partial charge >= 0.3 is 0 Å². The second-order valence-corrected chi connectivity index (χ2v) is 5.65. The van der Waals surface area contributed by atoms with E-state index in [1.54, 1.807) is 0 Å². The minimum atomic E-state index is 0.111. The average Bonchev–Trinajstić information content (AvgIpc) is 2.47. The third-order valence-electron chi connectivity index (χ3n) is 4.01. The van der Waals surface area contributed by atoms with E-state index in [-0.39, 0.29) is 11.8 Å². The second kappa shape index (κ2) is 5.63. The van der Waals surface area contributed by atoms with Crippen molar-refractivity contribution < 1.29 is 4.79 Å². The van der Waals surface area contributed by atoms with E-state index in [2.05, 4.69) is 35.5 Å². The molecule has 1 heterocycles. The van der Waals surface area contributed by atoms with Crippen LogP contribution in [-0.2, 0) is 4.79 Å². The van der Waals surface area contributed by atoms with Crippen LogP contribution in [0.3, 0.4) is 0 Å². The number of benzene rings is 2. The van der Waals surface area contributed by atoms with E-state index in [0.29, 0.717) is 0 Å². The van der Waals surface area contributed by atoms with Gasteiger partial charge in [-0.1, -0.05) is 30.3 Å². The molecule has 0 unspecified atom stereocenters. The molecule has 0 spiro atoms. The summed E-state index contributed by atoms with van der Waals surface area (Å²) in [5.41, 5.74) is 0.891. The van der Waals surface area contributed by atoms with Gasteiger partial charge in [-0.15, -0.1) is 0 Å². The summed E-state index contributed by atoms with van der Waals surface area (Å²) in [5, 5.41) is 5.41. The molecule has 0 aliphatic carbocycles. The van der Waals surface area contributed by atoms with Crippen molar-refractivity contribution in [2.24, 2.45) is 5.92 Å². The first kappa shape index (κ1) is 13.1. The summed E-state index contributed by atoms with van der Waals surface area (Å²) in [6, 6.07) is 14.3. The van der Waals surface area contributed by atoms with E-state index in [9.17, 15) is 4.79 Å². The molecule has 3 heteroatoms. The lowest BCUT2D eigenvalue weighted by atomic mass is 9.97. The Morgan fingerprint density at radius 1 is 1.20 bits per heavy atom. The van der Waals surface area contributed by atoms with Crippen molar-refractivity contribution in [2.45, 2.75) is 12.8 Å². The summed E-state index contributed by atoms with van der Waals surface area (Å²) in [4.78, 5) is 14.5. The minimum absolute atomic E-state index is 0.111. The average molecular weight is 268 g/mol. The number of hydrogen-bond acceptors (Lipinski definition) is 2. The number of nitrogens with one attached hydrogen (secondary N) is 1. The third-order valence-corrected chi connectivity index (χ3v) is 4.01. The molecular formula is C17H20N2O. The standard InChI is InChI=1S/C17H20N2O/c1-19-10-4-7-15(12-19)17(20)18-16-9-8-13-5-2-3-6-14(13)11-16/h2-3,5-6,8-9,11,15H,4,7,10,12H2,1H3,(H,18,20)/t15-/m1/s1. The van der Waals surface area contributed by atoms with Crippen molar-refractivity contribution in [1.29, 1.82) is 0 Å². The van der Waals surface area contributed by atoms with Crippen molar-refractivity contribution in [3.8, 4) is 0 Å². The largest absolute Gasteiger partial charge is 0.326 e. The van der Waals surface area contributed by atoms with E-state index in [1.807, 2.05) is 24.3 Å². The number of rotatable bonds is 2. The number of carbonyl (C=O) groups is 1. The third kappa shape index (κ3) is 2.83. The molecule has 1 aliphatic heterocycles. The van der Waals surface area contributed by atoms with Gasteiger partial charge in [0.2, 0.25) is 5.91 Å². The molecule has 1 saturated heterocycles. The number of amides is 1.